The van der Waals surface area contributed by atoms with E-state index in [0.717, 1.165) is 32.2 Å². The molecule has 0 radical (unpaired) electrons. The summed E-state index contributed by atoms with van der Waals surface area (Å²) in [6, 6.07) is 16.0. The number of nitrogens with one attached hydrogen (secondary N) is 1. The maximum absolute atomic E-state index is 12.7. The minimum atomic E-state index is -3.77. The summed E-state index contributed by atoms with van der Waals surface area (Å²) in [6.07, 6.45) is 3.91. The summed E-state index contributed by atoms with van der Waals surface area (Å²) in [5, 5.41) is 1.92. The Morgan fingerprint density at radius 3 is 2.41 bits per heavy atom. The van der Waals surface area contributed by atoms with E-state index in [4.69, 9.17) is 16.3 Å². The number of aromatic nitrogens is 1. The lowest BCUT2D eigenvalue weighted by molar-refractivity contribution is 0.00335. The fourth-order valence-electron chi connectivity index (χ4n) is 4.61. The Hall–Kier alpha value is -2.13. The number of piperidine rings is 1. The maximum Gasteiger partial charge on any atom is 0.263 e. The third-order valence-corrected chi connectivity index (χ3v) is 8.57. The Balaban J connectivity index is 1.46. The van der Waals surface area contributed by atoms with E-state index in [-0.39, 0.29) is 16.0 Å². The molecule has 2 heterocycles. The van der Waals surface area contributed by atoms with Gasteiger partial charge in [0.2, 0.25) is 0 Å². The molecule has 6 nitrogen and oxygen atoms in total. The van der Waals surface area contributed by atoms with Crippen molar-refractivity contribution in [2.75, 3.05) is 4.72 Å². The third kappa shape index (κ3) is 5.92. The first kappa shape index (κ1) is 25.0. The Morgan fingerprint density at radius 1 is 1.12 bits per heavy atom. The fraction of sp³-hybridized carbons (Fsp3) is 0.400. The first-order chi connectivity index (χ1) is 16.4. The number of ether oxygens (including phenoxy) is 1. The zero-order valence-electron chi connectivity index (χ0n) is 19.4. The molecule has 34 heavy (non-hydrogen) atoms. The monoisotopic (exact) mass is 519 g/mol. The van der Waals surface area contributed by atoms with E-state index >= 15 is 0 Å². The van der Waals surface area contributed by atoms with Crippen molar-refractivity contribution in [3.05, 3.63) is 70.0 Å². The van der Waals surface area contributed by atoms with Crippen molar-refractivity contribution in [1.82, 2.24) is 9.88 Å². The van der Waals surface area contributed by atoms with E-state index in [1.807, 2.05) is 6.07 Å². The number of hydrogen-bond donors (Lipinski definition) is 1. The van der Waals surface area contributed by atoms with Gasteiger partial charge in [-0.1, -0.05) is 55.8 Å². The van der Waals surface area contributed by atoms with Crippen LogP contribution in [-0.4, -0.2) is 36.5 Å². The van der Waals surface area contributed by atoms with Crippen molar-refractivity contribution in [2.24, 2.45) is 0 Å². The highest BCUT2D eigenvalue weighted by Crippen LogP contribution is 2.34. The van der Waals surface area contributed by atoms with Crippen molar-refractivity contribution < 1.29 is 13.2 Å². The number of likely N-dealkylation sites (tertiary alicyclic amines) is 1. The molecule has 182 valence electrons. The quantitative estimate of drug-likeness (QED) is 0.364. The fourth-order valence-corrected chi connectivity index (χ4v) is 6.48. The molecule has 0 unspecified atom stereocenters. The van der Waals surface area contributed by atoms with Gasteiger partial charge in [0, 0.05) is 24.0 Å². The van der Waals surface area contributed by atoms with Gasteiger partial charge in [0.15, 0.2) is 5.82 Å². The molecule has 0 amide bonds. The Kier molecular flexibility index (Phi) is 8.14. The van der Waals surface area contributed by atoms with Crippen molar-refractivity contribution in [2.45, 2.75) is 69.2 Å². The van der Waals surface area contributed by atoms with Crippen LogP contribution in [0.1, 0.15) is 45.1 Å². The van der Waals surface area contributed by atoms with Gasteiger partial charge in [0.05, 0.1) is 15.4 Å². The van der Waals surface area contributed by atoms with E-state index in [0.29, 0.717) is 23.7 Å². The van der Waals surface area contributed by atoms with Crippen LogP contribution in [0.5, 0.6) is 5.75 Å². The predicted molar refractivity (Wildman–Crippen MR) is 138 cm³/mol. The highest BCUT2D eigenvalue weighted by molar-refractivity contribution is 7.92. The SMILES string of the molecule is CC[C@@H]1C[C@@H](Oc2ccc(S(=O)(=O)Nc3cscn3)cc2Cl)C[C@H](CC)N1Cc1ccccc1. The Labute approximate surface area is 211 Å². The summed E-state index contributed by atoms with van der Waals surface area (Å²) in [5.74, 6) is 0.806. The number of anilines is 1. The van der Waals surface area contributed by atoms with Crippen molar-refractivity contribution in [3.63, 3.8) is 0 Å². The summed E-state index contributed by atoms with van der Waals surface area (Å²) in [7, 11) is -3.77. The molecule has 3 atom stereocenters. The van der Waals surface area contributed by atoms with Crippen LogP contribution in [0.2, 0.25) is 5.02 Å². The van der Waals surface area contributed by atoms with Gasteiger partial charge in [-0.2, -0.15) is 0 Å². The first-order valence-corrected chi connectivity index (χ1v) is 14.4. The van der Waals surface area contributed by atoms with Gasteiger partial charge >= 0.3 is 0 Å². The highest BCUT2D eigenvalue weighted by atomic mass is 35.5. The predicted octanol–water partition coefficient (Wildman–Crippen LogP) is 6.20. The molecule has 1 aromatic heterocycles. The molecule has 9 heteroatoms. The molecule has 0 spiro atoms. The number of thiazole rings is 1. The maximum atomic E-state index is 12.7. The normalized spacial score (nSPS) is 21.3. The van der Waals surface area contributed by atoms with Gasteiger partial charge in [-0.25, -0.2) is 13.4 Å². The number of nitrogens with zero attached hydrogens (tertiary/aromatic N) is 2. The van der Waals surface area contributed by atoms with Gasteiger partial charge in [-0.3, -0.25) is 9.62 Å². The van der Waals surface area contributed by atoms with Gasteiger partial charge in [0.25, 0.3) is 10.0 Å². The Bertz CT molecular complexity index is 1160. The third-order valence-electron chi connectivity index (χ3n) is 6.34. The molecule has 3 aromatic rings. The molecular weight excluding hydrogens is 490 g/mol. The summed E-state index contributed by atoms with van der Waals surface area (Å²) >= 11 is 7.79. The summed E-state index contributed by atoms with van der Waals surface area (Å²) in [4.78, 5) is 6.66. The van der Waals surface area contributed by atoms with Crippen LogP contribution in [0.3, 0.4) is 0 Å². The molecule has 0 saturated carbocycles. The second-order valence-electron chi connectivity index (χ2n) is 8.56. The highest BCUT2D eigenvalue weighted by Gasteiger charge is 2.35. The minimum Gasteiger partial charge on any atom is -0.489 e. The topological polar surface area (TPSA) is 71.5 Å². The van der Waals surface area contributed by atoms with E-state index in [1.54, 1.807) is 17.0 Å². The average molecular weight is 520 g/mol. The lowest BCUT2D eigenvalue weighted by atomic mass is 9.89. The largest absolute Gasteiger partial charge is 0.489 e. The van der Waals surface area contributed by atoms with Crippen molar-refractivity contribution >= 4 is 38.8 Å². The van der Waals surface area contributed by atoms with E-state index in [2.05, 4.69) is 52.7 Å². The van der Waals surface area contributed by atoms with E-state index in [1.165, 1.54) is 29.0 Å². The molecule has 2 aromatic carbocycles. The van der Waals surface area contributed by atoms with Gasteiger partial charge in [-0.05, 0) is 49.4 Å². The number of halogens is 1. The second-order valence-corrected chi connectivity index (χ2v) is 11.4. The number of benzene rings is 2. The molecule has 0 bridgehead atoms. The van der Waals surface area contributed by atoms with Crippen molar-refractivity contribution in [1.29, 1.82) is 0 Å². The zero-order chi connectivity index (χ0) is 24.1. The lowest BCUT2D eigenvalue weighted by Gasteiger charge is -2.45. The minimum absolute atomic E-state index is 0.0232. The van der Waals surface area contributed by atoms with E-state index in [9.17, 15) is 8.42 Å². The van der Waals surface area contributed by atoms with Crippen molar-refractivity contribution in [3.8, 4) is 5.75 Å². The van der Waals surface area contributed by atoms with Crippen LogP contribution < -0.4 is 9.46 Å². The smallest absolute Gasteiger partial charge is 0.263 e. The summed E-state index contributed by atoms with van der Waals surface area (Å²) in [6.45, 7) is 5.38. The second kappa shape index (κ2) is 11.1. The van der Waals surface area contributed by atoms with Crippen LogP contribution in [0, 0.1) is 0 Å². The van der Waals surface area contributed by atoms with E-state index < -0.39 is 10.0 Å². The number of rotatable bonds is 9. The van der Waals surface area contributed by atoms with Crippen LogP contribution in [0.4, 0.5) is 5.82 Å². The van der Waals surface area contributed by atoms with Gasteiger partial charge < -0.3 is 4.74 Å². The molecule has 1 N–H and O–H groups in total. The van der Waals surface area contributed by atoms with Crippen LogP contribution in [-0.2, 0) is 16.6 Å². The van der Waals surface area contributed by atoms with Gasteiger partial charge in [-0.15, -0.1) is 11.3 Å². The summed E-state index contributed by atoms with van der Waals surface area (Å²) < 4.78 is 34.1. The molecule has 1 aliphatic rings. The molecule has 1 fully saturated rings. The molecule has 1 saturated heterocycles. The van der Waals surface area contributed by atoms with Crippen LogP contribution in [0.15, 0.2) is 64.3 Å². The zero-order valence-corrected chi connectivity index (χ0v) is 21.7. The molecule has 4 rings (SSSR count). The van der Waals surface area contributed by atoms with Crippen LogP contribution in [0.25, 0.3) is 0 Å². The number of sulfonamides is 1. The Morgan fingerprint density at radius 2 is 1.82 bits per heavy atom. The standard InChI is InChI=1S/C25H30ClN3O3S2/c1-3-19-12-21(13-20(4-2)29(19)15-18-8-6-5-7-9-18)32-24-11-10-22(14-23(24)26)34(30,31)28-25-16-33-17-27-25/h5-11,14,16-17,19-21,28H,3-4,12-13,15H2,1-2H3/t19-,20+,21-. The molecular formula is C25H30ClN3O3S2. The molecule has 1 aliphatic heterocycles. The first-order valence-electron chi connectivity index (χ1n) is 11.6. The summed E-state index contributed by atoms with van der Waals surface area (Å²) in [5.41, 5.74) is 2.89. The van der Waals surface area contributed by atoms with Crippen LogP contribution >= 0.6 is 22.9 Å². The lowest BCUT2D eigenvalue weighted by Crippen LogP contribution is -2.51. The average Bonchev–Trinajstić information content (AvgIpc) is 3.34. The van der Waals surface area contributed by atoms with Gasteiger partial charge in [0.1, 0.15) is 11.9 Å². The molecule has 0 aliphatic carbocycles. The number of hydrogen-bond acceptors (Lipinski definition) is 6.